The number of oxazole rings is 1. The molecule has 0 saturated heterocycles. The number of aliphatic hydroxyl groups is 3. The number of hydrogen-bond acceptors (Lipinski definition) is 7. The molecule has 0 fully saturated rings. The van der Waals surface area contributed by atoms with Crippen molar-refractivity contribution in [1.29, 1.82) is 0 Å². The first-order chi connectivity index (χ1) is 14.5. The first-order valence-corrected chi connectivity index (χ1v) is 9.97. The second-order valence-electron chi connectivity index (χ2n) is 7.47. The molecule has 0 spiro atoms. The highest BCUT2D eigenvalue weighted by Crippen LogP contribution is 2.28. The van der Waals surface area contributed by atoms with E-state index in [1.54, 1.807) is 30.5 Å². The largest absolute Gasteiger partial charge is 0.457 e. The van der Waals surface area contributed by atoms with Gasteiger partial charge in [0.1, 0.15) is 23.5 Å². The highest BCUT2D eigenvalue weighted by atomic mass is 16.5. The van der Waals surface area contributed by atoms with Crippen LogP contribution >= 0.6 is 0 Å². The maximum Gasteiger partial charge on any atom is 0.194 e. The Kier molecular flexibility index (Phi) is 7.23. The average molecular weight is 412 g/mol. The Balaban J connectivity index is 1.62. The fourth-order valence-corrected chi connectivity index (χ4v) is 3.04. The molecule has 1 atom stereocenters. The molecular weight excluding hydrogens is 384 g/mol. The molecular formula is C23H28N2O5. The van der Waals surface area contributed by atoms with Gasteiger partial charge in [-0.3, -0.25) is 0 Å². The maximum absolute atomic E-state index is 10.3. The number of aromatic nitrogens is 1. The van der Waals surface area contributed by atoms with Crippen molar-refractivity contribution in [2.45, 2.75) is 37.8 Å². The van der Waals surface area contributed by atoms with Crippen molar-refractivity contribution in [3.63, 3.8) is 0 Å². The quantitative estimate of drug-likeness (QED) is 0.403. The van der Waals surface area contributed by atoms with E-state index in [1.807, 2.05) is 24.3 Å². The van der Waals surface area contributed by atoms with Crippen LogP contribution in [0.15, 0.2) is 59.2 Å². The van der Waals surface area contributed by atoms with E-state index in [4.69, 9.17) is 14.9 Å². The van der Waals surface area contributed by atoms with Crippen molar-refractivity contribution in [2.75, 3.05) is 13.2 Å². The molecule has 5 N–H and O–H groups in total. The van der Waals surface area contributed by atoms with Gasteiger partial charge < -0.3 is 30.2 Å². The van der Waals surface area contributed by atoms with Crippen molar-refractivity contribution in [1.82, 2.24) is 4.98 Å². The molecule has 7 heteroatoms. The summed E-state index contributed by atoms with van der Waals surface area (Å²) in [7, 11) is 0. The summed E-state index contributed by atoms with van der Waals surface area (Å²) in [4.78, 5) is 4.48. The minimum Gasteiger partial charge on any atom is -0.457 e. The summed E-state index contributed by atoms with van der Waals surface area (Å²) >= 11 is 0. The average Bonchev–Trinajstić information content (AvgIpc) is 3.23. The second-order valence-corrected chi connectivity index (χ2v) is 7.47. The normalized spacial score (nSPS) is 12.7. The molecule has 1 heterocycles. The molecule has 0 radical (unpaired) electrons. The third kappa shape index (κ3) is 5.46. The topological polar surface area (TPSA) is 122 Å². The predicted molar refractivity (Wildman–Crippen MR) is 113 cm³/mol. The number of benzene rings is 2. The van der Waals surface area contributed by atoms with Crippen LogP contribution in [0.25, 0.3) is 11.3 Å². The Morgan fingerprint density at radius 1 is 1.03 bits per heavy atom. The molecule has 3 rings (SSSR count). The van der Waals surface area contributed by atoms with Crippen molar-refractivity contribution >= 4 is 0 Å². The van der Waals surface area contributed by atoms with E-state index in [-0.39, 0.29) is 6.42 Å². The Morgan fingerprint density at radius 2 is 1.63 bits per heavy atom. The number of ether oxygens (including phenoxy) is 1. The zero-order valence-corrected chi connectivity index (χ0v) is 17.0. The molecule has 1 unspecified atom stereocenters. The number of aryl methyl sites for hydroxylation is 1. The summed E-state index contributed by atoms with van der Waals surface area (Å²) in [5, 5.41) is 28.9. The summed E-state index contributed by atoms with van der Waals surface area (Å²) < 4.78 is 11.3. The zero-order chi connectivity index (χ0) is 21.6. The molecule has 0 aliphatic heterocycles. The Labute approximate surface area is 175 Å². The van der Waals surface area contributed by atoms with Gasteiger partial charge >= 0.3 is 0 Å². The van der Waals surface area contributed by atoms with Gasteiger partial charge in [-0.1, -0.05) is 19.1 Å². The summed E-state index contributed by atoms with van der Waals surface area (Å²) in [6.07, 6.45) is 2.61. The highest BCUT2D eigenvalue weighted by molar-refractivity contribution is 5.59. The van der Waals surface area contributed by atoms with E-state index in [1.165, 1.54) is 0 Å². The minimum absolute atomic E-state index is 0.0453. The van der Waals surface area contributed by atoms with Crippen LogP contribution in [0.5, 0.6) is 11.5 Å². The molecule has 0 aliphatic carbocycles. The number of aliphatic hydroxyl groups excluding tert-OH is 3. The van der Waals surface area contributed by atoms with Gasteiger partial charge in [-0.15, -0.1) is 0 Å². The smallest absolute Gasteiger partial charge is 0.194 e. The fraction of sp³-hybridized carbons (Fsp3) is 0.348. The Morgan fingerprint density at radius 3 is 2.20 bits per heavy atom. The molecule has 30 heavy (non-hydrogen) atoms. The van der Waals surface area contributed by atoms with E-state index < -0.39 is 24.9 Å². The monoisotopic (exact) mass is 412 g/mol. The van der Waals surface area contributed by atoms with E-state index in [2.05, 4.69) is 11.9 Å². The van der Waals surface area contributed by atoms with Gasteiger partial charge in [0.15, 0.2) is 5.89 Å². The first kappa shape index (κ1) is 22.0. The van der Waals surface area contributed by atoms with Crippen molar-refractivity contribution in [2.24, 2.45) is 5.73 Å². The second kappa shape index (κ2) is 9.86. The van der Waals surface area contributed by atoms with Gasteiger partial charge in [-0.25, -0.2) is 4.98 Å². The van der Waals surface area contributed by atoms with Crippen LogP contribution in [-0.4, -0.2) is 39.1 Å². The van der Waals surface area contributed by atoms with Gasteiger partial charge in [0.25, 0.3) is 0 Å². The highest BCUT2D eigenvalue weighted by Gasteiger charge is 2.27. The first-order valence-electron chi connectivity index (χ1n) is 9.97. The Bertz CT molecular complexity index is 918. The summed E-state index contributed by atoms with van der Waals surface area (Å²) in [5.74, 6) is 2.03. The lowest BCUT2D eigenvalue weighted by Crippen LogP contribution is -2.48. The summed E-state index contributed by atoms with van der Waals surface area (Å²) in [6.45, 7) is 1.26. The number of nitrogens with two attached hydrogens (primary N) is 1. The van der Waals surface area contributed by atoms with Crippen molar-refractivity contribution in [3.05, 3.63) is 66.2 Å². The molecule has 3 aromatic rings. The molecule has 1 aromatic heterocycles. The van der Waals surface area contributed by atoms with Crippen LogP contribution in [0, 0.1) is 0 Å². The van der Waals surface area contributed by atoms with Crippen LogP contribution in [-0.2, 0) is 6.42 Å². The summed E-state index contributed by atoms with van der Waals surface area (Å²) in [6, 6.07) is 14.5. The Hall–Kier alpha value is -2.71. The van der Waals surface area contributed by atoms with Gasteiger partial charge in [0, 0.05) is 12.0 Å². The van der Waals surface area contributed by atoms with Crippen LogP contribution in [0.3, 0.4) is 0 Å². The fourth-order valence-electron chi connectivity index (χ4n) is 3.04. The van der Waals surface area contributed by atoms with Crippen molar-refractivity contribution in [3.8, 4) is 22.8 Å². The zero-order valence-electron chi connectivity index (χ0n) is 17.0. The van der Waals surface area contributed by atoms with Crippen LogP contribution < -0.4 is 10.5 Å². The van der Waals surface area contributed by atoms with Crippen LogP contribution in [0.4, 0.5) is 0 Å². The number of nitrogens with zero attached hydrogens (tertiary/aromatic N) is 1. The molecule has 2 aromatic carbocycles. The lowest BCUT2D eigenvalue weighted by atomic mass is 9.92. The van der Waals surface area contributed by atoms with Crippen LogP contribution in [0.1, 0.15) is 37.3 Å². The molecule has 160 valence electrons. The lowest BCUT2D eigenvalue weighted by Gasteiger charge is -2.27. The third-order valence-electron chi connectivity index (χ3n) is 4.90. The SMILES string of the molecule is CCCc1nc(-c2ccc(Oc3ccc(C(O)CC(N)(CO)CO)cc3)cc2)co1. The minimum atomic E-state index is -1.22. The van der Waals surface area contributed by atoms with Crippen LogP contribution in [0.2, 0.25) is 0 Å². The molecule has 0 bridgehead atoms. The predicted octanol–water partition coefficient (Wildman–Crippen LogP) is 3.19. The van der Waals surface area contributed by atoms with Gasteiger partial charge in [-0.2, -0.15) is 0 Å². The van der Waals surface area contributed by atoms with Gasteiger partial charge in [0.2, 0.25) is 0 Å². The van der Waals surface area contributed by atoms with Crippen molar-refractivity contribution < 1.29 is 24.5 Å². The number of rotatable bonds is 10. The van der Waals surface area contributed by atoms with E-state index >= 15 is 0 Å². The molecule has 0 amide bonds. The van der Waals surface area contributed by atoms with E-state index in [9.17, 15) is 15.3 Å². The van der Waals surface area contributed by atoms with E-state index in [0.717, 1.165) is 30.0 Å². The molecule has 0 saturated carbocycles. The standard InChI is InChI=1S/C23H28N2O5/c1-2-3-22-25-20(13-29-22)16-4-8-18(9-5-16)30-19-10-6-17(7-11-19)21(28)12-23(24,14-26)15-27/h4-11,13,21,26-28H,2-3,12,14-15,24H2,1H3. The van der Waals surface area contributed by atoms with E-state index in [0.29, 0.717) is 17.1 Å². The van der Waals surface area contributed by atoms with Gasteiger partial charge in [-0.05, 0) is 54.8 Å². The third-order valence-corrected chi connectivity index (χ3v) is 4.90. The summed E-state index contributed by atoms with van der Waals surface area (Å²) in [5.41, 5.74) is 6.99. The van der Waals surface area contributed by atoms with Gasteiger partial charge in [0.05, 0.1) is 24.9 Å². The number of hydrogen-bond donors (Lipinski definition) is 4. The molecule has 0 aliphatic rings. The lowest BCUT2D eigenvalue weighted by molar-refractivity contribution is 0.0618. The maximum atomic E-state index is 10.3. The molecule has 7 nitrogen and oxygen atoms in total.